The molecule has 0 aromatic heterocycles. The number of amides is 2. The van der Waals surface area contributed by atoms with Gasteiger partial charge >= 0.3 is 0 Å². The molecule has 0 unspecified atom stereocenters. The van der Waals surface area contributed by atoms with Gasteiger partial charge in [0, 0.05) is 30.8 Å². The van der Waals surface area contributed by atoms with Gasteiger partial charge in [-0.05, 0) is 42.2 Å². The van der Waals surface area contributed by atoms with E-state index < -0.39 is 0 Å². The van der Waals surface area contributed by atoms with Crippen molar-refractivity contribution in [3.05, 3.63) is 52.5 Å². The van der Waals surface area contributed by atoms with E-state index in [4.69, 9.17) is 21.1 Å². The lowest BCUT2D eigenvalue weighted by Crippen LogP contribution is -2.24. The summed E-state index contributed by atoms with van der Waals surface area (Å²) in [6.45, 7) is 5.70. The quantitative estimate of drug-likeness (QED) is 0.672. The summed E-state index contributed by atoms with van der Waals surface area (Å²) >= 11 is 6.33. The van der Waals surface area contributed by atoms with Gasteiger partial charge in [0.15, 0.2) is 11.5 Å². The zero-order chi connectivity index (χ0) is 21.7. The normalized spacial score (nSPS) is 13.6. The number of rotatable bonds is 8. The zero-order valence-corrected chi connectivity index (χ0v) is 18.3. The molecular weight excluding hydrogens is 404 g/mol. The van der Waals surface area contributed by atoms with Crippen LogP contribution in [-0.4, -0.2) is 32.1 Å². The van der Waals surface area contributed by atoms with Crippen LogP contribution in [0.5, 0.6) is 11.5 Å². The van der Waals surface area contributed by atoms with Gasteiger partial charge in [0.1, 0.15) is 0 Å². The first-order valence-corrected chi connectivity index (χ1v) is 10.4. The van der Waals surface area contributed by atoms with Crippen LogP contribution < -0.4 is 19.7 Å². The molecule has 160 valence electrons. The van der Waals surface area contributed by atoms with E-state index in [1.807, 2.05) is 38.1 Å². The summed E-state index contributed by atoms with van der Waals surface area (Å²) < 4.78 is 11.1. The predicted octanol–water partition coefficient (Wildman–Crippen LogP) is 4.44. The molecule has 6 nitrogen and oxygen atoms in total. The van der Waals surface area contributed by atoms with Crippen molar-refractivity contribution in [3.8, 4) is 11.5 Å². The van der Waals surface area contributed by atoms with Gasteiger partial charge in [-0.15, -0.1) is 0 Å². The molecule has 1 aliphatic rings. The van der Waals surface area contributed by atoms with E-state index in [1.165, 1.54) is 7.11 Å². The fourth-order valence-electron chi connectivity index (χ4n) is 3.24. The molecule has 1 heterocycles. The fraction of sp³-hybridized carbons (Fsp3) is 0.391. The van der Waals surface area contributed by atoms with Crippen molar-refractivity contribution >= 4 is 29.1 Å². The Morgan fingerprint density at radius 2 is 1.97 bits per heavy atom. The minimum Gasteiger partial charge on any atom is -0.493 e. The molecule has 0 radical (unpaired) electrons. The number of hydrogen-bond acceptors (Lipinski definition) is 4. The van der Waals surface area contributed by atoms with Crippen molar-refractivity contribution in [2.45, 2.75) is 33.2 Å². The van der Waals surface area contributed by atoms with Gasteiger partial charge in [-0.1, -0.05) is 37.6 Å². The Labute approximate surface area is 182 Å². The second kappa shape index (κ2) is 9.85. The van der Waals surface area contributed by atoms with E-state index >= 15 is 0 Å². The standard InChI is InChI=1S/C23H27ClN2O4/c1-15(2)14-30-22-19(24)11-17(12-20(22)29-3)23(28)25-13-16-6-8-18(9-7-16)26-10-4-5-21(26)27/h6-9,11-12,15H,4-5,10,13-14H2,1-3H3,(H,25,28). The highest BCUT2D eigenvalue weighted by atomic mass is 35.5. The van der Waals surface area contributed by atoms with Crippen LogP contribution in [0.25, 0.3) is 0 Å². The lowest BCUT2D eigenvalue weighted by atomic mass is 10.1. The molecule has 0 atom stereocenters. The molecule has 0 saturated carbocycles. The lowest BCUT2D eigenvalue weighted by molar-refractivity contribution is -0.117. The van der Waals surface area contributed by atoms with Crippen LogP contribution in [0.15, 0.2) is 36.4 Å². The van der Waals surface area contributed by atoms with Crippen LogP contribution in [0, 0.1) is 5.92 Å². The molecule has 0 bridgehead atoms. The van der Waals surface area contributed by atoms with Crippen molar-refractivity contribution in [2.75, 3.05) is 25.2 Å². The van der Waals surface area contributed by atoms with Crippen LogP contribution in [0.1, 0.15) is 42.6 Å². The van der Waals surface area contributed by atoms with E-state index in [9.17, 15) is 9.59 Å². The van der Waals surface area contributed by atoms with E-state index in [2.05, 4.69) is 5.32 Å². The summed E-state index contributed by atoms with van der Waals surface area (Å²) in [6, 6.07) is 10.8. The molecule has 30 heavy (non-hydrogen) atoms. The van der Waals surface area contributed by atoms with Gasteiger partial charge in [0.25, 0.3) is 5.91 Å². The number of hydrogen-bond donors (Lipinski definition) is 1. The van der Waals surface area contributed by atoms with Crippen LogP contribution in [0.4, 0.5) is 5.69 Å². The van der Waals surface area contributed by atoms with Crippen LogP contribution in [-0.2, 0) is 11.3 Å². The van der Waals surface area contributed by atoms with Crippen molar-refractivity contribution < 1.29 is 19.1 Å². The maximum atomic E-state index is 12.6. The fourth-order valence-corrected chi connectivity index (χ4v) is 3.51. The van der Waals surface area contributed by atoms with Gasteiger partial charge in [0.05, 0.1) is 18.7 Å². The Hall–Kier alpha value is -2.73. The molecule has 2 aromatic carbocycles. The molecule has 1 saturated heterocycles. The Morgan fingerprint density at radius 3 is 2.57 bits per heavy atom. The van der Waals surface area contributed by atoms with Crippen molar-refractivity contribution in [1.82, 2.24) is 5.32 Å². The minimum atomic E-state index is -0.260. The van der Waals surface area contributed by atoms with E-state index in [0.29, 0.717) is 47.6 Å². The SMILES string of the molecule is COc1cc(C(=O)NCc2ccc(N3CCCC3=O)cc2)cc(Cl)c1OCC(C)C. The Kier molecular flexibility index (Phi) is 7.21. The molecule has 0 aliphatic carbocycles. The maximum Gasteiger partial charge on any atom is 0.251 e. The number of nitrogens with zero attached hydrogens (tertiary/aromatic N) is 1. The van der Waals surface area contributed by atoms with Gasteiger partial charge in [-0.3, -0.25) is 9.59 Å². The van der Waals surface area contributed by atoms with E-state index in [0.717, 1.165) is 24.2 Å². The first kappa shape index (κ1) is 22.0. The summed E-state index contributed by atoms with van der Waals surface area (Å²) in [7, 11) is 1.52. The van der Waals surface area contributed by atoms with E-state index in [1.54, 1.807) is 17.0 Å². The smallest absolute Gasteiger partial charge is 0.251 e. The van der Waals surface area contributed by atoms with Crippen molar-refractivity contribution in [2.24, 2.45) is 5.92 Å². The Balaban J connectivity index is 1.64. The molecule has 2 amide bonds. The molecule has 3 rings (SSSR count). The third kappa shape index (κ3) is 5.25. The number of methoxy groups -OCH3 is 1. The lowest BCUT2D eigenvalue weighted by Gasteiger charge is -2.16. The third-order valence-corrected chi connectivity index (χ3v) is 5.11. The van der Waals surface area contributed by atoms with Crippen LogP contribution >= 0.6 is 11.6 Å². The highest BCUT2D eigenvalue weighted by Crippen LogP contribution is 2.36. The number of carbonyl (C=O) groups excluding carboxylic acids is 2. The number of halogens is 1. The average Bonchev–Trinajstić information content (AvgIpc) is 3.16. The Bertz CT molecular complexity index is 912. The topological polar surface area (TPSA) is 67.9 Å². The molecule has 1 N–H and O–H groups in total. The minimum absolute atomic E-state index is 0.155. The second-order valence-corrected chi connectivity index (χ2v) is 8.10. The first-order valence-electron chi connectivity index (χ1n) is 10.1. The Morgan fingerprint density at radius 1 is 1.23 bits per heavy atom. The molecule has 0 spiro atoms. The summed E-state index contributed by atoms with van der Waals surface area (Å²) in [6.07, 6.45) is 1.50. The summed E-state index contributed by atoms with van der Waals surface area (Å²) in [5.74, 6) is 1.10. The number of anilines is 1. The number of ether oxygens (including phenoxy) is 2. The van der Waals surface area contributed by atoms with Gasteiger partial charge < -0.3 is 19.7 Å². The molecular formula is C23H27ClN2O4. The highest BCUT2D eigenvalue weighted by molar-refractivity contribution is 6.32. The van der Waals surface area contributed by atoms with Crippen molar-refractivity contribution in [3.63, 3.8) is 0 Å². The summed E-state index contributed by atoms with van der Waals surface area (Å²) in [4.78, 5) is 26.3. The average molecular weight is 431 g/mol. The van der Waals surface area contributed by atoms with Gasteiger partial charge in [-0.25, -0.2) is 0 Å². The summed E-state index contributed by atoms with van der Waals surface area (Å²) in [5, 5.41) is 3.22. The van der Waals surface area contributed by atoms with Gasteiger partial charge in [0.2, 0.25) is 5.91 Å². The molecule has 1 fully saturated rings. The largest absolute Gasteiger partial charge is 0.493 e. The van der Waals surface area contributed by atoms with E-state index in [-0.39, 0.29) is 11.8 Å². The maximum absolute atomic E-state index is 12.6. The first-order chi connectivity index (χ1) is 14.4. The summed E-state index contributed by atoms with van der Waals surface area (Å²) in [5.41, 5.74) is 2.22. The van der Waals surface area contributed by atoms with Crippen LogP contribution in [0.2, 0.25) is 5.02 Å². The molecule has 1 aliphatic heterocycles. The number of carbonyl (C=O) groups is 2. The van der Waals surface area contributed by atoms with Crippen LogP contribution in [0.3, 0.4) is 0 Å². The monoisotopic (exact) mass is 430 g/mol. The second-order valence-electron chi connectivity index (χ2n) is 7.69. The highest BCUT2D eigenvalue weighted by Gasteiger charge is 2.21. The molecule has 7 heteroatoms. The zero-order valence-electron chi connectivity index (χ0n) is 17.5. The third-order valence-electron chi connectivity index (χ3n) is 4.83. The number of nitrogens with one attached hydrogen (secondary N) is 1. The predicted molar refractivity (Wildman–Crippen MR) is 118 cm³/mol. The molecule has 2 aromatic rings. The van der Waals surface area contributed by atoms with Crippen molar-refractivity contribution in [1.29, 1.82) is 0 Å². The van der Waals surface area contributed by atoms with Gasteiger partial charge in [-0.2, -0.15) is 0 Å². The number of benzene rings is 2.